The highest BCUT2D eigenvalue weighted by atomic mass is 32.2. The van der Waals surface area contributed by atoms with Crippen molar-refractivity contribution in [1.29, 1.82) is 0 Å². The Morgan fingerprint density at radius 1 is 1.21 bits per heavy atom. The van der Waals surface area contributed by atoms with Crippen LogP contribution in [0.4, 0.5) is 0 Å². The van der Waals surface area contributed by atoms with Crippen LogP contribution in [0.5, 0.6) is 5.75 Å². The largest absolute Gasteiger partial charge is 0.494 e. The summed E-state index contributed by atoms with van der Waals surface area (Å²) in [5.41, 5.74) is 5.91. The standard InChI is InChI=1S/C25H36N4O4S/c1-6-33-23-7-9-24(10-8-23)34(31,32)28-13-11-21(12-14-28)25(30)27-26-16-22-15-19(4)29(20(22)5)17-18(2)3/h7-10,15-16,18,21H,6,11-14,17H2,1-5H3,(H,27,30)/b26-16+. The summed E-state index contributed by atoms with van der Waals surface area (Å²) in [5, 5.41) is 4.17. The molecule has 1 aliphatic rings. The van der Waals surface area contributed by atoms with Crippen molar-refractivity contribution in [2.75, 3.05) is 19.7 Å². The lowest BCUT2D eigenvalue weighted by Crippen LogP contribution is -2.42. The first-order valence-corrected chi connectivity index (χ1v) is 13.3. The van der Waals surface area contributed by atoms with Gasteiger partial charge in [0.15, 0.2) is 0 Å². The summed E-state index contributed by atoms with van der Waals surface area (Å²) < 4.78 is 35.0. The summed E-state index contributed by atoms with van der Waals surface area (Å²) in [6.07, 6.45) is 2.60. The van der Waals surface area contributed by atoms with Crippen LogP contribution in [0.1, 0.15) is 50.6 Å². The summed E-state index contributed by atoms with van der Waals surface area (Å²) in [5.74, 6) is 0.736. The van der Waals surface area contributed by atoms with E-state index in [0.29, 0.717) is 44.2 Å². The minimum atomic E-state index is -3.60. The number of aromatic nitrogens is 1. The van der Waals surface area contributed by atoms with Crippen molar-refractivity contribution >= 4 is 22.1 Å². The van der Waals surface area contributed by atoms with E-state index in [0.717, 1.165) is 17.8 Å². The molecule has 0 unspecified atom stereocenters. The summed E-state index contributed by atoms with van der Waals surface area (Å²) in [7, 11) is -3.60. The highest BCUT2D eigenvalue weighted by Gasteiger charge is 2.32. The van der Waals surface area contributed by atoms with Crippen molar-refractivity contribution in [1.82, 2.24) is 14.3 Å². The lowest BCUT2D eigenvalue weighted by atomic mass is 9.98. The average Bonchev–Trinajstić information content (AvgIpc) is 3.07. The van der Waals surface area contributed by atoms with E-state index >= 15 is 0 Å². The van der Waals surface area contributed by atoms with Crippen molar-refractivity contribution in [3.63, 3.8) is 0 Å². The van der Waals surface area contributed by atoms with Gasteiger partial charge in [0, 0.05) is 42.5 Å². The number of benzene rings is 1. The van der Waals surface area contributed by atoms with E-state index in [9.17, 15) is 13.2 Å². The molecule has 0 saturated carbocycles. The fourth-order valence-corrected chi connectivity index (χ4v) is 5.71. The molecule has 1 aromatic heterocycles. The maximum Gasteiger partial charge on any atom is 0.243 e. The number of carbonyl (C=O) groups is 1. The number of carbonyl (C=O) groups excluding carboxylic acids is 1. The molecule has 0 aliphatic carbocycles. The van der Waals surface area contributed by atoms with Crippen molar-refractivity contribution in [3.8, 4) is 5.75 Å². The van der Waals surface area contributed by atoms with Gasteiger partial charge in [-0.1, -0.05) is 13.8 Å². The zero-order chi connectivity index (χ0) is 24.9. The first-order valence-electron chi connectivity index (χ1n) is 11.9. The van der Waals surface area contributed by atoms with Gasteiger partial charge in [-0.25, -0.2) is 13.8 Å². The minimum absolute atomic E-state index is 0.176. The molecular weight excluding hydrogens is 452 g/mol. The molecule has 1 fully saturated rings. The summed E-state index contributed by atoms with van der Waals surface area (Å²) in [6.45, 7) is 12.4. The zero-order valence-corrected chi connectivity index (χ0v) is 21.6. The predicted molar refractivity (Wildman–Crippen MR) is 134 cm³/mol. The van der Waals surface area contributed by atoms with Gasteiger partial charge in [0.1, 0.15) is 5.75 Å². The maximum atomic E-state index is 12.9. The number of hydrazone groups is 1. The minimum Gasteiger partial charge on any atom is -0.494 e. The Bertz CT molecular complexity index is 1110. The number of aryl methyl sites for hydroxylation is 1. The number of nitrogens with one attached hydrogen (secondary N) is 1. The molecule has 1 aromatic carbocycles. The van der Waals surface area contributed by atoms with Crippen LogP contribution in [0.2, 0.25) is 0 Å². The third-order valence-corrected chi connectivity index (χ3v) is 8.05. The molecule has 8 nitrogen and oxygen atoms in total. The van der Waals surface area contributed by atoms with Gasteiger partial charge < -0.3 is 9.30 Å². The molecule has 1 N–H and O–H groups in total. The Balaban J connectivity index is 1.54. The van der Waals surface area contributed by atoms with Crippen molar-refractivity contribution < 1.29 is 17.9 Å². The molecule has 0 atom stereocenters. The summed E-state index contributed by atoms with van der Waals surface area (Å²) in [4.78, 5) is 12.8. The second-order valence-electron chi connectivity index (χ2n) is 9.15. The van der Waals surface area contributed by atoms with Gasteiger partial charge in [0.25, 0.3) is 0 Å². The normalized spacial score (nSPS) is 15.8. The molecule has 0 bridgehead atoms. The molecular formula is C25H36N4O4S. The molecule has 0 spiro atoms. The molecule has 1 amide bonds. The fraction of sp³-hybridized carbons (Fsp3) is 0.520. The Kier molecular flexibility index (Phi) is 8.54. The smallest absolute Gasteiger partial charge is 0.243 e. The number of amides is 1. The number of hydrogen-bond acceptors (Lipinski definition) is 5. The quantitative estimate of drug-likeness (QED) is 0.430. The van der Waals surface area contributed by atoms with Gasteiger partial charge in [-0.05, 0) is 69.9 Å². The Morgan fingerprint density at radius 2 is 1.85 bits per heavy atom. The number of rotatable bonds is 9. The SMILES string of the molecule is CCOc1ccc(S(=O)(=O)N2CCC(C(=O)N/N=C/c3cc(C)n(CC(C)C)c3C)CC2)cc1. The second kappa shape index (κ2) is 11.2. The maximum absolute atomic E-state index is 12.9. The molecule has 34 heavy (non-hydrogen) atoms. The van der Waals surface area contributed by atoms with Crippen LogP contribution in [-0.2, 0) is 21.4 Å². The highest BCUT2D eigenvalue weighted by Crippen LogP contribution is 2.25. The third kappa shape index (κ3) is 6.07. The average molecular weight is 489 g/mol. The second-order valence-corrected chi connectivity index (χ2v) is 11.1. The van der Waals surface area contributed by atoms with Crippen LogP contribution in [0.25, 0.3) is 0 Å². The first kappa shape index (κ1) is 26.0. The van der Waals surface area contributed by atoms with Gasteiger partial charge in [-0.3, -0.25) is 4.79 Å². The van der Waals surface area contributed by atoms with E-state index in [2.05, 4.69) is 48.9 Å². The van der Waals surface area contributed by atoms with E-state index in [1.165, 1.54) is 10.00 Å². The van der Waals surface area contributed by atoms with Crippen molar-refractivity contribution in [3.05, 3.63) is 47.3 Å². The van der Waals surface area contributed by atoms with E-state index in [1.807, 2.05) is 6.92 Å². The molecule has 186 valence electrons. The molecule has 1 aliphatic heterocycles. The van der Waals surface area contributed by atoms with Gasteiger partial charge >= 0.3 is 0 Å². The van der Waals surface area contributed by atoms with Crippen molar-refractivity contribution in [2.24, 2.45) is 16.9 Å². The molecule has 2 aromatic rings. The molecule has 2 heterocycles. The van der Waals surface area contributed by atoms with Gasteiger partial charge in [0.05, 0.1) is 17.7 Å². The summed E-state index contributed by atoms with van der Waals surface area (Å²) >= 11 is 0. The van der Waals surface area contributed by atoms with Gasteiger partial charge in [-0.2, -0.15) is 9.41 Å². The molecule has 3 rings (SSSR count). The number of hydrogen-bond donors (Lipinski definition) is 1. The Labute approximate surface area is 203 Å². The lowest BCUT2D eigenvalue weighted by molar-refractivity contribution is -0.126. The Hall–Kier alpha value is -2.65. The van der Waals surface area contributed by atoms with E-state index < -0.39 is 10.0 Å². The first-order chi connectivity index (χ1) is 16.1. The predicted octanol–water partition coefficient (Wildman–Crippen LogP) is 3.71. The van der Waals surface area contributed by atoms with Crippen LogP contribution in [0, 0.1) is 25.7 Å². The Morgan fingerprint density at radius 3 is 2.44 bits per heavy atom. The number of nitrogens with zero attached hydrogens (tertiary/aromatic N) is 3. The van der Waals surface area contributed by atoms with Gasteiger partial charge in [-0.15, -0.1) is 0 Å². The van der Waals surface area contributed by atoms with Crippen LogP contribution in [-0.4, -0.2) is 49.1 Å². The number of sulfonamides is 1. The van der Waals surface area contributed by atoms with Crippen LogP contribution in [0.15, 0.2) is 40.3 Å². The fourth-order valence-electron chi connectivity index (χ4n) is 4.24. The van der Waals surface area contributed by atoms with Crippen molar-refractivity contribution in [2.45, 2.75) is 58.9 Å². The molecule has 9 heteroatoms. The van der Waals surface area contributed by atoms with Crippen LogP contribution in [0.3, 0.4) is 0 Å². The number of piperidine rings is 1. The zero-order valence-electron chi connectivity index (χ0n) is 20.7. The van der Waals surface area contributed by atoms with Gasteiger partial charge in [0.2, 0.25) is 15.9 Å². The topological polar surface area (TPSA) is 93.0 Å². The van der Waals surface area contributed by atoms with Crippen LogP contribution >= 0.6 is 0 Å². The van der Waals surface area contributed by atoms with E-state index in [4.69, 9.17) is 4.74 Å². The number of ether oxygens (including phenoxy) is 1. The van der Waals surface area contributed by atoms with E-state index in [1.54, 1.807) is 30.5 Å². The molecule has 0 radical (unpaired) electrons. The third-order valence-electron chi connectivity index (χ3n) is 6.14. The monoisotopic (exact) mass is 488 g/mol. The summed E-state index contributed by atoms with van der Waals surface area (Å²) in [6, 6.07) is 8.51. The highest BCUT2D eigenvalue weighted by molar-refractivity contribution is 7.89. The van der Waals surface area contributed by atoms with E-state index in [-0.39, 0.29) is 16.7 Å². The molecule has 1 saturated heterocycles. The van der Waals surface area contributed by atoms with Crippen LogP contribution < -0.4 is 10.2 Å². The lowest BCUT2D eigenvalue weighted by Gasteiger charge is -2.30.